The van der Waals surface area contributed by atoms with E-state index in [-0.39, 0.29) is 18.4 Å². The number of hydrogen-bond acceptors (Lipinski definition) is 3. The minimum absolute atomic E-state index is 0.0406. The molecule has 2 rings (SSSR count). The smallest absolute Gasteiger partial charge is 0.244 e. The fraction of sp³-hybridized carbons (Fsp3) is 0.318. The summed E-state index contributed by atoms with van der Waals surface area (Å²) in [6.45, 7) is 4.52. The Kier molecular flexibility index (Phi) is 7.57. The van der Waals surface area contributed by atoms with E-state index in [2.05, 4.69) is 11.4 Å². The maximum atomic E-state index is 12.6. The third-order valence-corrected chi connectivity index (χ3v) is 4.31. The molecule has 0 aliphatic heterocycles. The van der Waals surface area contributed by atoms with Gasteiger partial charge in [0.2, 0.25) is 11.8 Å². The number of anilines is 1. The van der Waals surface area contributed by atoms with Gasteiger partial charge in [-0.15, -0.1) is 0 Å². The Morgan fingerprint density at radius 2 is 1.81 bits per heavy atom. The van der Waals surface area contributed by atoms with Crippen molar-refractivity contribution in [3.63, 3.8) is 0 Å². The number of amides is 2. The third kappa shape index (κ3) is 6.27. The largest absolute Gasteiger partial charge is 0.333 e. The van der Waals surface area contributed by atoms with Gasteiger partial charge in [0.1, 0.15) is 0 Å². The first-order chi connectivity index (χ1) is 13.0. The summed E-state index contributed by atoms with van der Waals surface area (Å²) >= 11 is 0. The summed E-state index contributed by atoms with van der Waals surface area (Å²) in [6, 6.07) is 16.9. The number of benzene rings is 2. The van der Waals surface area contributed by atoms with Gasteiger partial charge in [-0.2, -0.15) is 5.26 Å². The van der Waals surface area contributed by atoms with Crippen molar-refractivity contribution in [3.05, 3.63) is 65.2 Å². The molecule has 0 saturated carbocycles. The Bertz CT molecular complexity index is 822. The topological polar surface area (TPSA) is 73.2 Å². The molecule has 0 heterocycles. The van der Waals surface area contributed by atoms with Gasteiger partial charge in [-0.1, -0.05) is 37.3 Å². The van der Waals surface area contributed by atoms with Gasteiger partial charge in [0.15, 0.2) is 0 Å². The normalized spacial score (nSPS) is 10.1. The first-order valence-electron chi connectivity index (χ1n) is 9.15. The molecule has 0 radical (unpaired) electrons. The second-order valence-corrected chi connectivity index (χ2v) is 6.49. The van der Waals surface area contributed by atoms with E-state index < -0.39 is 0 Å². The lowest BCUT2D eigenvalue weighted by atomic mass is 10.1. The van der Waals surface area contributed by atoms with Crippen LogP contribution in [0, 0.1) is 18.3 Å². The second-order valence-electron chi connectivity index (χ2n) is 6.49. The van der Waals surface area contributed by atoms with Crippen LogP contribution in [-0.4, -0.2) is 29.8 Å². The molecule has 5 nitrogen and oxygen atoms in total. The lowest BCUT2D eigenvalue weighted by Gasteiger charge is -2.22. The van der Waals surface area contributed by atoms with Crippen molar-refractivity contribution < 1.29 is 9.59 Å². The van der Waals surface area contributed by atoms with Gasteiger partial charge < -0.3 is 10.2 Å². The summed E-state index contributed by atoms with van der Waals surface area (Å²) < 4.78 is 0. The SMILES string of the molecule is CCCN(CC(=O)Nc1ccccc1C)C(=O)CCc1ccc(C#N)cc1. The van der Waals surface area contributed by atoms with E-state index in [9.17, 15) is 9.59 Å². The number of rotatable bonds is 8. The molecule has 5 heteroatoms. The summed E-state index contributed by atoms with van der Waals surface area (Å²) in [5.41, 5.74) is 3.36. The Labute approximate surface area is 160 Å². The van der Waals surface area contributed by atoms with Crippen molar-refractivity contribution in [2.45, 2.75) is 33.1 Å². The number of nitrogens with one attached hydrogen (secondary N) is 1. The van der Waals surface area contributed by atoms with E-state index in [0.29, 0.717) is 24.9 Å². The van der Waals surface area contributed by atoms with Crippen LogP contribution in [0.15, 0.2) is 48.5 Å². The zero-order valence-corrected chi connectivity index (χ0v) is 15.9. The first-order valence-corrected chi connectivity index (χ1v) is 9.15. The minimum atomic E-state index is -0.190. The summed E-state index contributed by atoms with van der Waals surface area (Å²) in [4.78, 5) is 26.5. The molecule has 0 bridgehead atoms. The number of aryl methyl sites for hydroxylation is 2. The Morgan fingerprint density at radius 3 is 2.44 bits per heavy atom. The zero-order chi connectivity index (χ0) is 19.6. The van der Waals surface area contributed by atoms with E-state index in [0.717, 1.165) is 23.2 Å². The highest BCUT2D eigenvalue weighted by molar-refractivity contribution is 5.95. The van der Waals surface area contributed by atoms with Gasteiger partial charge in [-0.05, 0) is 49.1 Å². The highest BCUT2D eigenvalue weighted by Gasteiger charge is 2.17. The van der Waals surface area contributed by atoms with Crippen molar-refractivity contribution in [2.24, 2.45) is 0 Å². The quantitative estimate of drug-likeness (QED) is 0.777. The molecule has 2 amide bonds. The molecule has 140 valence electrons. The molecule has 27 heavy (non-hydrogen) atoms. The Balaban J connectivity index is 1.92. The molecular formula is C22H25N3O2. The molecule has 0 aliphatic carbocycles. The Morgan fingerprint density at radius 1 is 1.11 bits per heavy atom. The maximum Gasteiger partial charge on any atom is 0.244 e. The van der Waals surface area contributed by atoms with Crippen LogP contribution in [0.4, 0.5) is 5.69 Å². The second kappa shape index (κ2) is 10.1. The van der Waals surface area contributed by atoms with E-state index >= 15 is 0 Å². The molecule has 1 N–H and O–H groups in total. The molecule has 0 saturated heterocycles. The van der Waals surface area contributed by atoms with E-state index in [1.807, 2.05) is 50.2 Å². The van der Waals surface area contributed by atoms with E-state index in [4.69, 9.17) is 5.26 Å². The number of para-hydroxylation sites is 1. The molecule has 2 aromatic rings. The number of nitriles is 1. The van der Waals surface area contributed by atoms with Gasteiger partial charge in [-0.3, -0.25) is 9.59 Å². The summed E-state index contributed by atoms with van der Waals surface area (Å²) in [6.07, 6.45) is 1.72. The number of carbonyl (C=O) groups is 2. The van der Waals surface area contributed by atoms with E-state index in [1.54, 1.807) is 17.0 Å². The fourth-order valence-electron chi connectivity index (χ4n) is 2.79. The molecule has 0 spiro atoms. The predicted octanol–water partition coefficient (Wildman–Crippen LogP) is 3.68. The van der Waals surface area contributed by atoms with Gasteiger partial charge >= 0.3 is 0 Å². The van der Waals surface area contributed by atoms with E-state index in [1.165, 1.54) is 0 Å². The molecule has 0 atom stereocenters. The number of hydrogen-bond donors (Lipinski definition) is 1. The van der Waals surface area contributed by atoms with Crippen LogP contribution in [-0.2, 0) is 16.0 Å². The van der Waals surface area contributed by atoms with Crippen molar-refractivity contribution >= 4 is 17.5 Å². The molecule has 0 unspecified atom stereocenters. The monoisotopic (exact) mass is 363 g/mol. The Hall–Kier alpha value is -3.13. The maximum absolute atomic E-state index is 12.6. The van der Waals surface area contributed by atoms with Crippen LogP contribution < -0.4 is 5.32 Å². The molecule has 2 aromatic carbocycles. The van der Waals surface area contributed by atoms with Gasteiger partial charge in [0, 0.05) is 18.7 Å². The highest BCUT2D eigenvalue weighted by Crippen LogP contribution is 2.13. The molecule has 0 aromatic heterocycles. The number of carbonyl (C=O) groups excluding carboxylic acids is 2. The van der Waals surface area contributed by atoms with Crippen molar-refractivity contribution in [2.75, 3.05) is 18.4 Å². The fourth-order valence-corrected chi connectivity index (χ4v) is 2.79. The van der Waals surface area contributed by atoms with Gasteiger partial charge in [-0.25, -0.2) is 0 Å². The van der Waals surface area contributed by atoms with Crippen molar-refractivity contribution in [1.82, 2.24) is 4.90 Å². The van der Waals surface area contributed by atoms with Crippen LogP contribution in [0.5, 0.6) is 0 Å². The minimum Gasteiger partial charge on any atom is -0.333 e. The van der Waals surface area contributed by atoms with Gasteiger partial charge in [0.05, 0.1) is 18.2 Å². The predicted molar refractivity (Wildman–Crippen MR) is 106 cm³/mol. The van der Waals surface area contributed by atoms with Crippen molar-refractivity contribution in [1.29, 1.82) is 5.26 Å². The summed E-state index contributed by atoms with van der Waals surface area (Å²) in [5, 5.41) is 11.7. The van der Waals surface area contributed by atoms with Crippen LogP contribution in [0.25, 0.3) is 0 Å². The average Bonchev–Trinajstić information content (AvgIpc) is 2.68. The standard InChI is InChI=1S/C22H25N3O2/c1-3-14-25(16-21(26)24-20-7-5-4-6-17(20)2)22(27)13-12-18-8-10-19(15-23)11-9-18/h4-11H,3,12-14,16H2,1-2H3,(H,24,26). The summed E-state index contributed by atoms with van der Waals surface area (Å²) in [7, 11) is 0. The first kappa shape index (κ1) is 20.2. The number of nitrogens with zero attached hydrogens (tertiary/aromatic N) is 2. The highest BCUT2D eigenvalue weighted by atomic mass is 16.2. The van der Waals surface area contributed by atoms with Crippen LogP contribution in [0.2, 0.25) is 0 Å². The lowest BCUT2D eigenvalue weighted by Crippen LogP contribution is -2.38. The van der Waals surface area contributed by atoms with Crippen LogP contribution >= 0.6 is 0 Å². The molecular weight excluding hydrogens is 338 g/mol. The molecule has 0 fully saturated rings. The van der Waals surface area contributed by atoms with Crippen LogP contribution in [0.3, 0.4) is 0 Å². The summed E-state index contributed by atoms with van der Waals surface area (Å²) in [5.74, 6) is -0.231. The van der Waals surface area contributed by atoms with Crippen LogP contribution in [0.1, 0.15) is 36.5 Å². The zero-order valence-electron chi connectivity index (χ0n) is 15.9. The third-order valence-electron chi connectivity index (χ3n) is 4.31. The van der Waals surface area contributed by atoms with Gasteiger partial charge in [0.25, 0.3) is 0 Å². The lowest BCUT2D eigenvalue weighted by molar-refractivity contribution is -0.134. The van der Waals surface area contributed by atoms with Crippen molar-refractivity contribution in [3.8, 4) is 6.07 Å². The molecule has 0 aliphatic rings. The average molecular weight is 363 g/mol.